The van der Waals surface area contributed by atoms with E-state index in [1.165, 1.54) is 17.8 Å². The first-order chi connectivity index (χ1) is 8.15. The van der Waals surface area contributed by atoms with E-state index in [2.05, 4.69) is 9.97 Å². The van der Waals surface area contributed by atoms with Crippen LogP contribution in [-0.2, 0) is 9.47 Å². The van der Waals surface area contributed by atoms with Gasteiger partial charge in [-0.05, 0) is 13.8 Å². The smallest absolute Gasteiger partial charge is 0.191 e. The Morgan fingerprint density at radius 2 is 1.71 bits per heavy atom. The third kappa shape index (κ3) is 5.20. The van der Waals surface area contributed by atoms with Crippen LogP contribution < -0.4 is 11.5 Å². The Bertz CT molecular complexity index is 325. The van der Waals surface area contributed by atoms with E-state index in [-0.39, 0.29) is 6.29 Å². The predicted octanol–water partition coefficient (Wildman–Crippen LogP) is 1.13. The summed E-state index contributed by atoms with van der Waals surface area (Å²) in [4.78, 5) is 8.13. The zero-order valence-electron chi connectivity index (χ0n) is 10.0. The Balaban J connectivity index is 2.52. The molecule has 1 aromatic heterocycles. The molecular weight excluding hydrogens is 240 g/mol. The van der Waals surface area contributed by atoms with Gasteiger partial charge in [-0.1, -0.05) is 11.8 Å². The summed E-state index contributed by atoms with van der Waals surface area (Å²) in [7, 11) is 0. The molecule has 0 aromatic carbocycles. The molecule has 0 fully saturated rings. The molecule has 6 nitrogen and oxygen atoms in total. The van der Waals surface area contributed by atoms with Gasteiger partial charge < -0.3 is 20.9 Å². The maximum atomic E-state index is 5.58. The van der Waals surface area contributed by atoms with Gasteiger partial charge >= 0.3 is 0 Å². The van der Waals surface area contributed by atoms with Crippen molar-refractivity contribution in [2.75, 3.05) is 30.4 Å². The van der Waals surface area contributed by atoms with E-state index in [9.17, 15) is 0 Å². The third-order valence-corrected chi connectivity index (χ3v) is 2.68. The number of thioether (sulfide) groups is 1. The summed E-state index contributed by atoms with van der Waals surface area (Å²) >= 11 is 1.40. The van der Waals surface area contributed by atoms with Gasteiger partial charge in [-0.25, -0.2) is 9.97 Å². The first-order valence-electron chi connectivity index (χ1n) is 5.41. The lowest BCUT2D eigenvalue weighted by Crippen LogP contribution is -2.20. The normalized spacial score (nSPS) is 11.0. The van der Waals surface area contributed by atoms with Crippen molar-refractivity contribution in [2.24, 2.45) is 0 Å². The monoisotopic (exact) mass is 258 g/mol. The average molecular weight is 258 g/mol. The Kier molecular flexibility index (Phi) is 6.03. The van der Waals surface area contributed by atoms with Gasteiger partial charge in [0.15, 0.2) is 11.4 Å². The Labute approximate surface area is 105 Å². The molecule has 1 rings (SSSR count). The van der Waals surface area contributed by atoms with Crippen LogP contribution in [0.5, 0.6) is 0 Å². The number of anilines is 2. The minimum absolute atomic E-state index is 0.263. The van der Waals surface area contributed by atoms with Gasteiger partial charge in [0.1, 0.15) is 11.6 Å². The number of hydrogen-bond acceptors (Lipinski definition) is 7. The molecule has 0 radical (unpaired) electrons. The van der Waals surface area contributed by atoms with E-state index in [4.69, 9.17) is 20.9 Å². The average Bonchev–Trinajstić information content (AvgIpc) is 2.25. The van der Waals surface area contributed by atoms with E-state index in [0.29, 0.717) is 35.8 Å². The van der Waals surface area contributed by atoms with Crippen molar-refractivity contribution in [1.29, 1.82) is 0 Å². The van der Waals surface area contributed by atoms with Crippen LogP contribution in [0.2, 0.25) is 0 Å². The van der Waals surface area contributed by atoms with Crippen molar-refractivity contribution in [3.63, 3.8) is 0 Å². The number of nitrogens with two attached hydrogens (primary N) is 2. The van der Waals surface area contributed by atoms with E-state index < -0.39 is 0 Å². The predicted molar refractivity (Wildman–Crippen MR) is 68.6 cm³/mol. The van der Waals surface area contributed by atoms with Crippen LogP contribution in [0.15, 0.2) is 11.2 Å². The largest absolute Gasteiger partial charge is 0.383 e. The standard InChI is InChI=1S/C10H18N4O2S/c1-3-15-9(16-4-2)6-17-10-13-7(11)5-8(12)14-10/h5,9H,3-4,6H2,1-2H3,(H4,11,12,13,14). The molecule has 17 heavy (non-hydrogen) atoms. The molecule has 1 aromatic rings. The molecule has 0 bridgehead atoms. The molecule has 0 atom stereocenters. The number of hydrogen-bond donors (Lipinski definition) is 2. The van der Waals surface area contributed by atoms with Gasteiger partial charge in [0.2, 0.25) is 0 Å². The fourth-order valence-electron chi connectivity index (χ4n) is 1.19. The molecule has 4 N–H and O–H groups in total. The fraction of sp³-hybridized carbons (Fsp3) is 0.600. The highest BCUT2D eigenvalue weighted by Gasteiger charge is 2.10. The van der Waals surface area contributed by atoms with Crippen LogP contribution in [0.25, 0.3) is 0 Å². The molecule has 0 spiro atoms. The van der Waals surface area contributed by atoms with Crippen LogP contribution in [0.1, 0.15) is 13.8 Å². The molecule has 0 saturated carbocycles. The lowest BCUT2D eigenvalue weighted by molar-refractivity contribution is -0.120. The third-order valence-electron chi connectivity index (χ3n) is 1.80. The topological polar surface area (TPSA) is 96.3 Å². The number of nitrogens with zero attached hydrogens (tertiary/aromatic N) is 2. The highest BCUT2D eigenvalue weighted by Crippen LogP contribution is 2.18. The Morgan fingerprint density at radius 3 is 2.18 bits per heavy atom. The van der Waals surface area contributed by atoms with Crippen LogP contribution >= 0.6 is 11.8 Å². The minimum Gasteiger partial charge on any atom is -0.383 e. The molecule has 0 saturated heterocycles. The first kappa shape index (κ1) is 14.0. The number of aromatic nitrogens is 2. The summed E-state index contributed by atoms with van der Waals surface area (Å²) in [5, 5.41) is 0.534. The minimum atomic E-state index is -0.263. The van der Waals surface area contributed by atoms with E-state index in [1.54, 1.807) is 0 Å². The highest BCUT2D eigenvalue weighted by atomic mass is 32.2. The van der Waals surface area contributed by atoms with Gasteiger partial charge in [-0.3, -0.25) is 0 Å². The molecule has 0 amide bonds. The summed E-state index contributed by atoms with van der Waals surface area (Å²) in [6, 6.07) is 1.52. The summed E-state index contributed by atoms with van der Waals surface area (Å²) in [5.74, 6) is 1.33. The van der Waals surface area contributed by atoms with Gasteiger partial charge in [-0.15, -0.1) is 0 Å². The first-order valence-corrected chi connectivity index (χ1v) is 6.40. The molecular formula is C10H18N4O2S. The van der Waals surface area contributed by atoms with Crippen molar-refractivity contribution >= 4 is 23.4 Å². The maximum absolute atomic E-state index is 5.58. The molecule has 0 aliphatic carbocycles. The molecule has 0 aliphatic heterocycles. The van der Waals surface area contributed by atoms with Crippen LogP contribution in [-0.4, -0.2) is 35.2 Å². The van der Waals surface area contributed by atoms with Crippen LogP contribution in [0.4, 0.5) is 11.6 Å². The second-order valence-corrected chi connectivity index (χ2v) is 4.14. The van der Waals surface area contributed by atoms with Gasteiger partial charge in [-0.2, -0.15) is 0 Å². The van der Waals surface area contributed by atoms with Crippen molar-refractivity contribution in [2.45, 2.75) is 25.3 Å². The maximum Gasteiger partial charge on any atom is 0.191 e. The van der Waals surface area contributed by atoms with Crippen molar-refractivity contribution in [1.82, 2.24) is 9.97 Å². The van der Waals surface area contributed by atoms with E-state index in [0.717, 1.165) is 0 Å². The quantitative estimate of drug-likeness (QED) is 0.430. The van der Waals surface area contributed by atoms with E-state index >= 15 is 0 Å². The molecule has 0 unspecified atom stereocenters. The summed E-state index contributed by atoms with van der Waals surface area (Å²) in [5.41, 5.74) is 11.2. The summed E-state index contributed by atoms with van der Waals surface area (Å²) < 4.78 is 10.8. The highest BCUT2D eigenvalue weighted by molar-refractivity contribution is 7.99. The number of rotatable bonds is 7. The van der Waals surface area contributed by atoms with Crippen molar-refractivity contribution < 1.29 is 9.47 Å². The lowest BCUT2D eigenvalue weighted by atomic mass is 10.5. The molecule has 7 heteroatoms. The number of ether oxygens (including phenoxy) is 2. The van der Waals surface area contributed by atoms with Gasteiger partial charge in [0.05, 0.1) is 5.75 Å². The zero-order valence-corrected chi connectivity index (χ0v) is 10.9. The SMILES string of the molecule is CCOC(CSc1nc(N)cc(N)n1)OCC. The zero-order chi connectivity index (χ0) is 12.7. The molecule has 1 heterocycles. The Morgan fingerprint density at radius 1 is 1.18 bits per heavy atom. The second-order valence-electron chi connectivity index (χ2n) is 3.15. The second kappa shape index (κ2) is 7.31. The van der Waals surface area contributed by atoms with Gasteiger partial charge in [0.25, 0.3) is 0 Å². The lowest BCUT2D eigenvalue weighted by Gasteiger charge is -2.15. The summed E-state index contributed by atoms with van der Waals surface area (Å²) in [6.45, 7) is 5.05. The van der Waals surface area contributed by atoms with Crippen LogP contribution in [0, 0.1) is 0 Å². The van der Waals surface area contributed by atoms with Crippen molar-refractivity contribution in [3.8, 4) is 0 Å². The fourth-order valence-corrected chi connectivity index (χ4v) is 2.00. The van der Waals surface area contributed by atoms with Crippen molar-refractivity contribution in [3.05, 3.63) is 6.07 Å². The van der Waals surface area contributed by atoms with E-state index in [1.807, 2.05) is 13.8 Å². The molecule has 0 aliphatic rings. The number of nitrogen functional groups attached to an aromatic ring is 2. The Hall–Kier alpha value is -1.05. The van der Waals surface area contributed by atoms with Gasteiger partial charge in [0, 0.05) is 19.3 Å². The summed E-state index contributed by atoms with van der Waals surface area (Å²) in [6.07, 6.45) is -0.263. The van der Waals surface area contributed by atoms with Crippen LogP contribution in [0.3, 0.4) is 0 Å². The molecule has 96 valence electrons.